The van der Waals surface area contributed by atoms with E-state index in [0.29, 0.717) is 25.1 Å². The molecule has 1 saturated heterocycles. The third-order valence-electron chi connectivity index (χ3n) is 3.86. The van der Waals surface area contributed by atoms with Crippen LogP contribution in [0.2, 0.25) is 0 Å². The summed E-state index contributed by atoms with van der Waals surface area (Å²) in [4.78, 5) is 0. The lowest BCUT2D eigenvalue weighted by Gasteiger charge is -2.43. The Morgan fingerprint density at radius 2 is 2.21 bits per heavy atom. The second-order valence-corrected chi connectivity index (χ2v) is 5.38. The first-order chi connectivity index (χ1) is 9.02. The lowest BCUT2D eigenvalue weighted by Crippen LogP contribution is -2.51. The van der Waals surface area contributed by atoms with Gasteiger partial charge in [-0.1, -0.05) is 19.1 Å². The van der Waals surface area contributed by atoms with Gasteiger partial charge < -0.3 is 10.1 Å². The van der Waals surface area contributed by atoms with Crippen molar-refractivity contribution in [3.05, 3.63) is 30.1 Å². The zero-order chi connectivity index (χ0) is 13.9. The number of nitrogens with one attached hydrogen (secondary N) is 1. The first-order valence-electron chi connectivity index (χ1n) is 6.60. The van der Waals surface area contributed by atoms with Crippen molar-refractivity contribution < 1.29 is 9.13 Å². The standard InChI is InChI=1S/C15H19FN2O/c1-3-14(2)10-15(11-17,8-9-19-14)18-13-7-5-4-6-12(13)16/h4-7,18H,3,8-10H2,1-2H3. The van der Waals surface area contributed by atoms with E-state index in [9.17, 15) is 9.65 Å². The molecule has 2 unspecified atom stereocenters. The maximum atomic E-state index is 13.7. The van der Waals surface area contributed by atoms with Crippen molar-refractivity contribution >= 4 is 5.69 Å². The van der Waals surface area contributed by atoms with Gasteiger partial charge in [0, 0.05) is 12.8 Å². The molecular formula is C15H19FN2O. The van der Waals surface area contributed by atoms with Crippen LogP contribution in [-0.2, 0) is 4.74 Å². The molecule has 102 valence electrons. The summed E-state index contributed by atoms with van der Waals surface area (Å²) in [5.74, 6) is -0.332. The Hall–Kier alpha value is -1.60. The molecule has 2 atom stereocenters. The summed E-state index contributed by atoms with van der Waals surface area (Å²) < 4.78 is 19.5. The Morgan fingerprint density at radius 1 is 1.47 bits per heavy atom. The molecule has 2 rings (SSSR count). The molecule has 3 nitrogen and oxygen atoms in total. The highest BCUT2D eigenvalue weighted by Crippen LogP contribution is 2.36. The molecule has 0 saturated carbocycles. The van der Waals surface area contributed by atoms with Crippen LogP contribution in [0.3, 0.4) is 0 Å². The molecule has 0 amide bonds. The van der Waals surface area contributed by atoms with Crippen molar-refractivity contribution in [1.29, 1.82) is 5.26 Å². The van der Waals surface area contributed by atoms with E-state index in [4.69, 9.17) is 4.74 Å². The summed E-state index contributed by atoms with van der Waals surface area (Å²) in [5.41, 5.74) is -0.707. The van der Waals surface area contributed by atoms with Crippen LogP contribution in [0.25, 0.3) is 0 Å². The molecule has 1 aromatic rings. The maximum Gasteiger partial charge on any atom is 0.146 e. The van der Waals surface area contributed by atoms with E-state index in [2.05, 4.69) is 11.4 Å². The summed E-state index contributed by atoms with van der Waals surface area (Å²) in [6, 6.07) is 8.78. The molecule has 4 heteroatoms. The van der Waals surface area contributed by atoms with E-state index >= 15 is 0 Å². The SMILES string of the molecule is CCC1(C)CC(C#N)(Nc2ccccc2F)CCO1. The van der Waals surface area contributed by atoms with Crippen molar-refractivity contribution in [1.82, 2.24) is 0 Å². The van der Waals surface area contributed by atoms with Gasteiger partial charge in [0.05, 0.1) is 24.0 Å². The van der Waals surface area contributed by atoms with E-state index in [1.807, 2.05) is 13.8 Å². The number of benzene rings is 1. The molecule has 0 radical (unpaired) electrons. The molecule has 1 N–H and O–H groups in total. The quantitative estimate of drug-likeness (QED) is 0.907. The highest BCUT2D eigenvalue weighted by atomic mass is 19.1. The number of anilines is 1. The largest absolute Gasteiger partial charge is 0.375 e. The number of para-hydroxylation sites is 1. The lowest BCUT2D eigenvalue weighted by molar-refractivity contribution is -0.0809. The zero-order valence-corrected chi connectivity index (χ0v) is 11.4. The third kappa shape index (κ3) is 2.87. The van der Waals surface area contributed by atoms with Gasteiger partial charge in [0.25, 0.3) is 0 Å². The van der Waals surface area contributed by atoms with Crippen LogP contribution >= 0.6 is 0 Å². The highest BCUT2D eigenvalue weighted by molar-refractivity contribution is 5.49. The molecule has 1 aliphatic heterocycles. The Labute approximate surface area is 113 Å². The van der Waals surface area contributed by atoms with Crippen molar-refractivity contribution in [3.8, 4) is 6.07 Å². The second kappa shape index (κ2) is 5.18. The summed E-state index contributed by atoms with van der Waals surface area (Å²) in [5, 5.41) is 12.6. The van der Waals surface area contributed by atoms with Crippen molar-refractivity contribution in [2.24, 2.45) is 0 Å². The number of hydrogen-bond acceptors (Lipinski definition) is 3. The van der Waals surface area contributed by atoms with E-state index in [1.54, 1.807) is 18.2 Å². The first kappa shape index (κ1) is 13.8. The lowest BCUT2D eigenvalue weighted by atomic mass is 9.80. The summed E-state index contributed by atoms with van der Waals surface area (Å²) >= 11 is 0. The molecule has 0 bridgehead atoms. The predicted octanol–water partition coefficient (Wildman–Crippen LogP) is 3.48. The summed E-state index contributed by atoms with van der Waals surface area (Å²) in [6.45, 7) is 4.55. The van der Waals surface area contributed by atoms with Gasteiger partial charge in [0.1, 0.15) is 11.4 Å². The number of nitrogens with zero attached hydrogens (tertiary/aromatic N) is 1. The number of hydrogen-bond donors (Lipinski definition) is 1. The number of halogens is 1. The van der Waals surface area contributed by atoms with Crippen LogP contribution in [0.1, 0.15) is 33.1 Å². The minimum atomic E-state index is -0.759. The van der Waals surface area contributed by atoms with Gasteiger partial charge in [-0.2, -0.15) is 5.26 Å². The van der Waals surface area contributed by atoms with Crippen molar-refractivity contribution in [2.45, 2.75) is 44.2 Å². The average Bonchev–Trinajstić information content (AvgIpc) is 2.42. The Morgan fingerprint density at radius 3 is 2.84 bits per heavy atom. The Bertz CT molecular complexity index is 499. The van der Waals surface area contributed by atoms with Gasteiger partial charge in [0.15, 0.2) is 0 Å². The summed E-state index contributed by atoms with van der Waals surface area (Å²) in [6.07, 6.45) is 1.95. The molecule has 19 heavy (non-hydrogen) atoms. The molecular weight excluding hydrogens is 243 g/mol. The topological polar surface area (TPSA) is 45.0 Å². The van der Waals surface area contributed by atoms with Gasteiger partial charge in [0.2, 0.25) is 0 Å². The average molecular weight is 262 g/mol. The van der Waals surface area contributed by atoms with E-state index in [1.165, 1.54) is 6.07 Å². The Balaban J connectivity index is 2.24. The van der Waals surface area contributed by atoms with E-state index < -0.39 is 5.54 Å². The highest BCUT2D eigenvalue weighted by Gasteiger charge is 2.43. The van der Waals surface area contributed by atoms with Crippen LogP contribution in [-0.4, -0.2) is 17.7 Å². The first-order valence-corrected chi connectivity index (χ1v) is 6.60. The predicted molar refractivity (Wildman–Crippen MR) is 72.2 cm³/mol. The Kier molecular flexibility index (Phi) is 3.77. The van der Waals surface area contributed by atoms with E-state index in [0.717, 1.165) is 6.42 Å². The number of ether oxygens (including phenoxy) is 1. The maximum absolute atomic E-state index is 13.7. The molecule has 1 aliphatic rings. The fourth-order valence-electron chi connectivity index (χ4n) is 2.53. The van der Waals surface area contributed by atoms with Crippen LogP contribution in [0, 0.1) is 17.1 Å². The normalized spacial score (nSPS) is 30.6. The fourth-order valence-corrected chi connectivity index (χ4v) is 2.53. The second-order valence-electron chi connectivity index (χ2n) is 5.38. The van der Waals surface area contributed by atoms with Crippen molar-refractivity contribution in [3.63, 3.8) is 0 Å². The molecule has 1 fully saturated rings. The molecule has 0 spiro atoms. The summed E-state index contributed by atoms with van der Waals surface area (Å²) in [7, 11) is 0. The van der Waals surface area contributed by atoms with Crippen molar-refractivity contribution in [2.75, 3.05) is 11.9 Å². The molecule has 0 aromatic heterocycles. The van der Waals surface area contributed by atoms with Gasteiger partial charge in [-0.15, -0.1) is 0 Å². The van der Waals surface area contributed by atoms with Gasteiger partial charge in [-0.05, 0) is 25.5 Å². The van der Waals surface area contributed by atoms with Crippen LogP contribution < -0.4 is 5.32 Å². The zero-order valence-electron chi connectivity index (χ0n) is 11.4. The van der Waals surface area contributed by atoms with Crippen LogP contribution in [0.5, 0.6) is 0 Å². The van der Waals surface area contributed by atoms with Crippen LogP contribution in [0.15, 0.2) is 24.3 Å². The van der Waals surface area contributed by atoms with Gasteiger partial charge in [-0.3, -0.25) is 0 Å². The molecule has 0 aliphatic carbocycles. The minimum Gasteiger partial charge on any atom is -0.375 e. The third-order valence-corrected chi connectivity index (χ3v) is 3.86. The smallest absolute Gasteiger partial charge is 0.146 e. The fraction of sp³-hybridized carbons (Fsp3) is 0.533. The van der Waals surface area contributed by atoms with Gasteiger partial charge in [-0.25, -0.2) is 4.39 Å². The van der Waals surface area contributed by atoms with Gasteiger partial charge >= 0.3 is 0 Å². The monoisotopic (exact) mass is 262 g/mol. The van der Waals surface area contributed by atoms with Crippen LogP contribution in [0.4, 0.5) is 10.1 Å². The number of rotatable bonds is 3. The minimum absolute atomic E-state index is 0.327. The number of nitriles is 1. The molecule has 1 aromatic carbocycles. The molecule has 1 heterocycles. The van der Waals surface area contributed by atoms with E-state index in [-0.39, 0.29) is 11.4 Å².